The van der Waals surface area contributed by atoms with Gasteiger partial charge >= 0.3 is 0 Å². The highest BCUT2D eigenvalue weighted by Gasteiger charge is 2.20. The minimum absolute atomic E-state index is 0.219. The number of furan rings is 1. The van der Waals surface area contributed by atoms with Crippen molar-refractivity contribution in [3.63, 3.8) is 0 Å². The zero-order valence-electron chi connectivity index (χ0n) is 14.0. The van der Waals surface area contributed by atoms with Crippen LogP contribution in [0.15, 0.2) is 46.2 Å². The van der Waals surface area contributed by atoms with Crippen LogP contribution in [0.2, 0.25) is 5.02 Å². The second-order valence-corrected chi connectivity index (χ2v) is 7.04. The quantitative estimate of drug-likeness (QED) is 0.616. The van der Waals surface area contributed by atoms with E-state index in [0.29, 0.717) is 28.2 Å². The maximum absolute atomic E-state index is 12.5. The van der Waals surface area contributed by atoms with Gasteiger partial charge in [0, 0.05) is 5.02 Å². The first-order valence-electron chi connectivity index (χ1n) is 7.66. The third kappa shape index (κ3) is 4.36. The number of thioether (sulfide) groups is 1. The Hall–Kier alpha value is -2.52. The molecule has 2 aromatic heterocycles. The topological polar surface area (TPSA) is 95.1 Å². The normalized spacial score (nSPS) is 12.0. The van der Waals surface area contributed by atoms with Gasteiger partial charge in [0.2, 0.25) is 11.1 Å². The van der Waals surface area contributed by atoms with Crippen LogP contribution in [0.25, 0.3) is 0 Å². The van der Waals surface area contributed by atoms with E-state index < -0.39 is 5.25 Å². The number of methoxy groups -OCH3 is 1. The maximum atomic E-state index is 12.5. The second kappa shape index (κ2) is 8.24. The molecule has 8 nitrogen and oxygen atoms in total. The van der Waals surface area contributed by atoms with Gasteiger partial charge in [-0.15, -0.1) is 5.10 Å². The standard InChI is InChI=1S/C16H16ClN5O3S/c1-10(15(23)18-13-8-11(17)5-6-14(13)24-2)26-16-19-20-21-22(16)9-12-4-3-7-25-12/h3-8,10H,9H2,1-2H3,(H,18,23). The Morgan fingerprint density at radius 1 is 1.46 bits per heavy atom. The number of hydrogen-bond donors (Lipinski definition) is 1. The first-order chi connectivity index (χ1) is 12.6. The maximum Gasteiger partial charge on any atom is 0.237 e. The molecule has 1 N–H and O–H groups in total. The fraction of sp³-hybridized carbons (Fsp3) is 0.250. The van der Waals surface area contributed by atoms with E-state index in [1.807, 2.05) is 6.07 Å². The monoisotopic (exact) mass is 393 g/mol. The van der Waals surface area contributed by atoms with E-state index in [4.69, 9.17) is 20.8 Å². The van der Waals surface area contributed by atoms with Crippen molar-refractivity contribution in [2.24, 2.45) is 0 Å². The van der Waals surface area contributed by atoms with Crippen LogP contribution in [-0.2, 0) is 11.3 Å². The van der Waals surface area contributed by atoms with Crippen LogP contribution in [0.1, 0.15) is 12.7 Å². The number of carbonyl (C=O) groups excluding carboxylic acids is 1. The highest BCUT2D eigenvalue weighted by atomic mass is 35.5. The smallest absolute Gasteiger partial charge is 0.237 e. The molecule has 1 unspecified atom stereocenters. The zero-order valence-corrected chi connectivity index (χ0v) is 15.6. The summed E-state index contributed by atoms with van der Waals surface area (Å²) in [6.07, 6.45) is 1.58. The molecule has 2 heterocycles. The van der Waals surface area contributed by atoms with Gasteiger partial charge in [0.15, 0.2) is 0 Å². The van der Waals surface area contributed by atoms with Crippen molar-refractivity contribution in [2.75, 3.05) is 12.4 Å². The number of benzene rings is 1. The van der Waals surface area contributed by atoms with Crippen LogP contribution in [0.5, 0.6) is 5.75 Å². The Morgan fingerprint density at radius 3 is 3.04 bits per heavy atom. The molecule has 0 spiro atoms. The molecule has 0 saturated carbocycles. The predicted molar refractivity (Wildman–Crippen MR) is 97.6 cm³/mol. The summed E-state index contributed by atoms with van der Waals surface area (Å²) in [5.74, 6) is 1.03. The van der Waals surface area contributed by atoms with Gasteiger partial charge < -0.3 is 14.5 Å². The molecule has 0 aliphatic carbocycles. The van der Waals surface area contributed by atoms with Crippen LogP contribution in [0.4, 0.5) is 5.69 Å². The van der Waals surface area contributed by atoms with Crippen LogP contribution in [0.3, 0.4) is 0 Å². The Bertz CT molecular complexity index is 884. The van der Waals surface area contributed by atoms with Gasteiger partial charge in [-0.25, -0.2) is 4.68 Å². The van der Waals surface area contributed by atoms with Crippen LogP contribution in [-0.4, -0.2) is 38.5 Å². The Balaban J connectivity index is 1.67. The molecule has 3 aromatic rings. The molecule has 0 bridgehead atoms. The summed E-state index contributed by atoms with van der Waals surface area (Å²) in [6, 6.07) is 8.64. The number of tetrazole rings is 1. The number of rotatable bonds is 7. The van der Waals surface area contributed by atoms with E-state index in [2.05, 4.69) is 20.8 Å². The van der Waals surface area contributed by atoms with E-state index in [0.717, 1.165) is 5.76 Å². The van der Waals surface area contributed by atoms with Crippen molar-refractivity contribution in [2.45, 2.75) is 23.9 Å². The molecule has 3 rings (SSSR count). The molecule has 1 atom stereocenters. The number of halogens is 1. The number of nitrogens with one attached hydrogen (secondary N) is 1. The van der Waals surface area contributed by atoms with Crippen molar-refractivity contribution in [1.82, 2.24) is 20.2 Å². The number of aromatic nitrogens is 4. The fourth-order valence-corrected chi connectivity index (χ4v) is 3.11. The Labute approximate surface area is 158 Å². The van der Waals surface area contributed by atoms with Crippen LogP contribution < -0.4 is 10.1 Å². The van der Waals surface area contributed by atoms with E-state index >= 15 is 0 Å². The van der Waals surface area contributed by atoms with Gasteiger partial charge in [-0.05, 0) is 47.7 Å². The lowest BCUT2D eigenvalue weighted by Gasteiger charge is -2.14. The number of ether oxygens (including phenoxy) is 1. The SMILES string of the molecule is COc1ccc(Cl)cc1NC(=O)C(C)Sc1nnnn1Cc1ccco1. The average molecular weight is 394 g/mol. The summed E-state index contributed by atoms with van der Waals surface area (Å²) in [5.41, 5.74) is 0.507. The molecule has 1 aromatic carbocycles. The average Bonchev–Trinajstić information content (AvgIpc) is 3.28. The lowest BCUT2D eigenvalue weighted by atomic mass is 10.3. The molecule has 0 fully saturated rings. The minimum Gasteiger partial charge on any atom is -0.495 e. The third-order valence-corrected chi connectivity index (χ3v) is 4.76. The largest absolute Gasteiger partial charge is 0.495 e. The molecular weight excluding hydrogens is 378 g/mol. The summed E-state index contributed by atoms with van der Waals surface area (Å²) in [4.78, 5) is 12.5. The first kappa shape index (κ1) is 18.3. The van der Waals surface area contributed by atoms with Gasteiger partial charge in [-0.2, -0.15) is 0 Å². The summed E-state index contributed by atoms with van der Waals surface area (Å²) >= 11 is 7.23. The third-order valence-electron chi connectivity index (χ3n) is 3.46. The number of carbonyl (C=O) groups is 1. The van der Waals surface area contributed by atoms with Crippen molar-refractivity contribution in [3.8, 4) is 5.75 Å². The molecule has 1 amide bonds. The van der Waals surface area contributed by atoms with Gasteiger partial charge in [0.1, 0.15) is 18.1 Å². The lowest BCUT2D eigenvalue weighted by molar-refractivity contribution is -0.115. The van der Waals surface area contributed by atoms with Crippen molar-refractivity contribution < 1.29 is 13.9 Å². The summed E-state index contributed by atoms with van der Waals surface area (Å²) < 4.78 is 12.1. The lowest BCUT2D eigenvalue weighted by Crippen LogP contribution is -2.23. The van der Waals surface area contributed by atoms with Gasteiger partial charge in [-0.3, -0.25) is 4.79 Å². The number of amides is 1. The molecular formula is C16H16ClN5O3S. The molecule has 0 aliphatic rings. The Kier molecular flexibility index (Phi) is 5.79. The van der Waals surface area contributed by atoms with Crippen molar-refractivity contribution in [3.05, 3.63) is 47.4 Å². The number of anilines is 1. The highest BCUT2D eigenvalue weighted by Crippen LogP contribution is 2.29. The van der Waals surface area contributed by atoms with Gasteiger partial charge in [0.05, 0.1) is 24.3 Å². The van der Waals surface area contributed by atoms with E-state index in [-0.39, 0.29) is 5.91 Å². The van der Waals surface area contributed by atoms with E-state index in [1.165, 1.54) is 18.9 Å². The van der Waals surface area contributed by atoms with E-state index in [1.54, 1.807) is 42.1 Å². The van der Waals surface area contributed by atoms with E-state index in [9.17, 15) is 4.79 Å². The van der Waals surface area contributed by atoms with Crippen molar-refractivity contribution >= 4 is 35.0 Å². The summed E-state index contributed by atoms with van der Waals surface area (Å²) in [7, 11) is 1.53. The van der Waals surface area contributed by atoms with Gasteiger partial charge in [-0.1, -0.05) is 23.4 Å². The highest BCUT2D eigenvalue weighted by molar-refractivity contribution is 8.00. The summed E-state index contributed by atoms with van der Waals surface area (Å²) in [6.45, 7) is 2.15. The molecule has 0 radical (unpaired) electrons. The molecule has 0 saturated heterocycles. The zero-order chi connectivity index (χ0) is 18.5. The first-order valence-corrected chi connectivity index (χ1v) is 8.92. The number of nitrogens with zero attached hydrogens (tertiary/aromatic N) is 4. The number of hydrogen-bond acceptors (Lipinski definition) is 7. The molecule has 10 heteroatoms. The predicted octanol–water partition coefficient (Wildman–Crippen LogP) is 3.10. The van der Waals surface area contributed by atoms with Crippen molar-refractivity contribution in [1.29, 1.82) is 0 Å². The molecule has 0 aliphatic heterocycles. The Morgan fingerprint density at radius 2 is 2.31 bits per heavy atom. The minimum atomic E-state index is -0.444. The van der Waals surface area contributed by atoms with Crippen LogP contribution in [0, 0.1) is 0 Å². The summed E-state index contributed by atoms with van der Waals surface area (Å²) in [5, 5.41) is 15.0. The van der Waals surface area contributed by atoms with Crippen LogP contribution >= 0.6 is 23.4 Å². The molecule has 136 valence electrons. The van der Waals surface area contributed by atoms with Gasteiger partial charge in [0.25, 0.3) is 0 Å². The molecule has 26 heavy (non-hydrogen) atoms. The fourth-order valence-electron chi connectivity index (χ4n) is 2.15. The second-order valence-electron chi connectivity index (χ2n) is 5.29.